The van der Waals surface area contributed by atoms with Crippen molar-refractivity contribution in [2.24, 2.45) is 0 Å². The fourth-order valence-electron chi connectivity index (χ4n) is 3.02. The van der Waals surface area contributed by atoms with Gasteiger partial charge in [0, 0.05) is 23.7 Å². The van der Waals surface area contributed by atoms with Crippen LogP contribution >= 0.6 is 11.6 Å². The summed E-state index contributed by atoms with van der Waals surface area (Å²) in [6.45, 7) is 9.21. The number of aromatic nitrogens is 2. The van der Waals surface area contributed by atoms with Crippen LogP contribution in [0.3, 0.4) is 0 Å². The quantitative estimate of drug-likeness (QED) is 0.517. The van der Waals surface area contributed by atoms with Crippen LogP contribution in [0.5, 0.6) is 0 Å². The third-order valence-corrected chi connectivity index (χ3v) is 4.54. The minimum absolute atomic E-state index is 0.0343. The van der Waals surface area contributed by atoms with E-state index in [0.717, 1.165) is 5.69 Å². The van der Waals surface area contributed by atoms with Crippen LogP contribution in [0.25, 0.3) is 11.8 Å². The molecule has 0 aliphatic rings. The maximum absolute atomic E-state index is 12.3. The number of nitrogens with zero attached hydrogens (tertiary/aromatic N) is 3. The number of hydrogen-bond acceptors (Lipinski definition) is 4. The van der Waals surface area contributed by atoms with Crippen LogP contribution in [0.2, 0.25) is 5.15 Å². The molecule has 0 aliphatic carbocycles. The minimum Gasteiger partial charge on any atom is -0.452 e. The van der Waals surface area contributed by atoms with Gasteiger partial charge in [-0.3, -0.25) is 4.79 Å². The molecule has 0 N–H and O–H groups in total. The molecular formula is C21H26ClN3O3. The molecule has 1 heterocycles. The van der Waals surface area contributed by atoms with E-state index in [-0.39, 0.29) is 24.6 Å². The third-order valence-electron chi connectivity index (χ3n) is 4.17. The molecule has 0 radical (unpaired) electrons. The van der Waals surface area contributed by atoms with Gasteiger partial charge in [-0.25, -0.2) is 9.48 Å². The van der Waals surface area contributed by atoms with E-state index in [1.165, 1.54) is 6.08 Å². The number of aryl methyl sites for hydroxylation is 1. The number of rotatable bonds is 7. The Morgan fingerprint density at radius 3 is 2.36 bits per heavy atom. The number of hydrogen-bond donors (Lipinski definition) is 0. The number of benzene rings is 1. The molecule has 2 rings (SSSR count). The molecule has 0 bridgehead atoms. The first-order chi connectivity index (χ1) is 13.2. The number of amides is 1. The van der Waals surface area contributed by atoms with Crippen LogP contribution in [0, 0.1) is 6.92 Å². The van der Waals surface area contributed by atoms with E-state index >= 15 is 0 Å². The molecule has 1 aromatic carbocycles. The lowest BCUT2D eigenvalue weighted by molar-refractivity contribution is -0.150. The number of ether oxygens (including phenoxy) is 1. The summed E-state index contributed by atoms with van der Waals surface area (Å²) in [5.41, 5.74) is 2.13. The van der Waals surface area contributed by atoms with E-state index in [4.69, 9.17) is 16.3 Å². The molecular weight excluding hydrogens is 378 g/mol. The van der Waals surface area contributed by atoms with Crippen LogP contribution in [0.15, 0.2) is 36.4 Å². The summed E-state index contributed by atoms with van der Waals surface area (Å²) < 4.78 is 6.70. The van der Waals surface area contributed by atoms with Gasteiger partial charge in [0.1, 0.15) is 5.15 Å². The number of carbonyl (C=O) groups excluding carboxylic acids is 2. The highest BCUT2D eigenvalue weighted by molar-refractivity contribution is 6.31. The van der Waals surface area contributed by atoms with Crippen molar-refractivity contribution >= 4 is 29.6 Å². The summed E-state index contributed by atoms with van der Waals surface area (Å²) in [5.74, 6) is -0.832. The van der Waals surface area contributed by atoms with Gasteiger partial charge in [0.05, 0.1) is 11.4 Å². The fraction of sp³-hybridized carbons (Fsp3) is 0.381. The van der Waals surface area contributed by atoms with E-state index in [2.05, 4.69) is 5.10 Å². The van der Waals surface area contributed by atoms with Gasteiger partial charge >= 0.3 is 5.97 Å². The molecule has 6 nitrogen and oxygen atoms in total. The molecule has 0 saturated heterocycles. The van der Waals surface area contributed by atoms with Crippen molar-refractivity contribution in [3.8, 4) is 5.69 Å². The monoisotopic (exact) mass is 403 g/mol. The van der Waals surface area contributed by atoms with E-state index in [0.29, 0.717) is 16.4 Å². The highest BCUT2D eigenvalue weighted by atomic mass is 35.5. The summed E-state index contributed by atoms with van der Waals surface area (Å²) in [4.78, 5) is 26.0. The molecule has 7 heteroatoms. The Bertz CT molecular complexity index is 849. The predicted molar refractivity (Wildman–Crippen MR) is 110 cm³/mol. The van der Waals surface area contributed by atoms with Crippen molar-refractivity contribution in [3.63, 3.8) is 0 Å². The van der Waals surface area contributed by atoms with E-state index in [1.807, 2.05) is 65.0 Å². The van der Waals surface area contributed by atoms with Gasteiger partial charge < -0.3 is 9.64 Å². The topological polar surface area (TPSA) is 64.4 Å². The van der Waals surface area contributed by atoms with Gasteiger partial charge in [-0.1, -0.05) is 29.8 Å². The SMILES string of the molecule is Cc1nn(-c2ccccc2)c(Cl)c1/C=C/C(=O)OCC(=O)N(C(C)C)C(C)C. The summed E-state index contributed by atoms with van der Waals surface area (Å²) in [5, 5.41) is 4.81. The lowest BCUT2D eigenvalue weighted by atomic mass is 10.2. The Morgan fingerprint density at radius 2 is 1.79 bits per heavy atom. The average molecular weight is 404 g/mol. The van der Waals surface area contributed by atoms with E-state index < -0.39 is 5.97 Å². The van der Waals surface area contributed by atoms with Crippen molar-refractivity contribution in [2.45, 2.75) is 46.7 Å². The maximum Gasteiger partial charge on any atom is 0.331 e. The number of halogens is 1. The Kier molecular flexibility index (Phi) is 7.40. The van der Waals surface area contributed by atoms with Crippen LogP contribution in [0.4, 0.5) is 0 Å². The second kappa shape index (κ2) is 9.55. The molecule has 1 aromatic heterocycles. The Labute approximate surface area is 170 Å². The second-order valence-electron chi connectivity index (χ2n) is 6.97. The van der Waals surface area contributed by atoms with Crippen molar-refractivity contribution in [1.29, 1.82) is 0 Å². The number of para-hydroxylation sites is 1. The van der Waals surface area contributed by atoms with E-state index in [9.17, 15) is 9.59 Å². The minimum atomic E-state index is -0.608. The smallest absolute Gasteiger partial charge is 0.331 e. The van der Waals surface area contributed by atoms with Crippen molar-refractivity contribution < 1.29 is 14.3 Å². The van der Waals surface area contributed by atoms with Gasteiger partial charge in [0.2, 0.25) is 0 Å². The molecule has 0 aliphatic heterocycles. The van der Waals surface area contributed by atoms with Gasteiger partial charge in [0.25, 0.3) is 5.91 Å². The highest BCUT2D eigenvalue weighted by Gasteiger charge is 2.21. The molecule has 28 heavy (non-hydrogen) atoms. The lowest BCUT2D eigenvalue weighted by Crippen LogP contribution is -2.44. The number of esters is 1. The molecule has 1 amide bonds. The zero-order chi connectivity index (χ0) is 20.8. The van der Waals surface area contributed by atoms with Crippen LogP contribution in [-0.2, 0) is 14.3 Å². The summed E-state index contributed by atoms with van der Waals surface area (Å²) in [7, 11) is 0. The Morgan fingerprint density at radius 1 is 1.18 bits per heavy atom. The van der Waals surface area contributed by atoms with Gasteiger partial charge in [-0.05, 0) is 52.8 Å². The molecule has 0 saturated carbocycles. The van der Waals surface area contributed by atoms with Gasteiger partial charge in [0.15, 0.2) is 6.61 Å². The summed E-state index contributed by atoms with van der Waals surface area (Å²) in [6.07, 6.45) is 2.81. The standard InChI is InChI=1S/C21H26ClN3O3/c1-14(2)24(15(3)4)19(26)13-28-20(27)12-11-18-16(5)23-25(21(18)22)17-9-7-6-8-10-17/h6-12,14-15H,13H2,1-5H3/b12-11+. The fourth-order valence-corrected chi connectivity index (χ4v) is 3.36. The first-order valence-corrected chi connectivity index (χ1v) is 9.56. The van der Waals surface area contributed by atoms with Crippen molar-refractivity contribution in [3.05, 3.63) is 52.8 Å². The molecule has 2 aromatic rings. The predicted octanol–water partition coefficient (Wildman–Crippen LogP) is 4.04. The first-order valence-electron chi connectivity index (χ1n) is 9.19. The molecule has 150 valence electrons. The normalized spacial score (nSPS) is 11.4. The molecule has 0 spiro atoms. The Hall–Kier alpha value is -2.60. The van der Waals surface area contributed by atoms with Crippen LogP contribution in [-0.4, -0.2) is 45.2 Å². The number of carbonyl (C=O) groups is 2. The van der Waals surface area contributed by atoms with Crippen LogP contribution < -0.4 is 0 Å². The van der Waals surface area contributed by atoms with Crippen LogP contribution in [0.1, 0.15) is 39.0 Å². The Balaban J connectivity index is 2.05. The zero-order valence-corrected chi connectivity index (χ0v) is 17.6. The largest absolute Gasteiger partial charge is 0.452 e. The third kappa shape index (κ3) is 5.23. The maximum atomic E-state index is 12.3. The van der Waals surface area contributed by atoms with E-state index in [1.54, 1.807) is 15.7 Å². The molecule has 0 fully saturated rings. The van der Waals surface area contributed by atoms with Crippen molar-refractivity contribution in [2.75, 3.05) is 6.61 Å². The zero-order valence-electron chi connectivity index (χ0n) is 16.8. The molecule has 0 unspecified atom stereocenters. The average Bonchev–Trinajstić information content (AvgIpc) is 2.92. The first kappa shape index (κ1) is 21.7. The molecule has 0 atom stereocenters. The lowest BCUT2D eigenvalue weighted by Gasteiger charge is -2.30. The second-order valence-corrected chi connectivity index (χ2v) is 7.32. The van der Waals surface area contributed by atoms with Gasteiger partial charge in [-0.15, -0.1) is 0 Å². The van der Waals surface area contributed by atoms with Gasteiger partial charge in [-0.2, -0.15) is 5.10 Å². The highest BCUT2D eigenvalue weighted by Crippen LogP contribution is 2.24. The van der Waals surface area contributed by atoms with Crippen molar-refractivity contribution in [1.82, 2.24) is 14.7 Å². The summed E-state index contributed by atoms with van der Waals surface area (Å²) in [6, 6.07) is 9.54. The summed E-state index contributed by atoms with van der Waals surface area (Å²) >= 11 is 6.42.